The van der Waals surface area contributed by atoms with E-state index in [4.69, 9.17) is 9.97 Å². The maximum atomic E-state index is 9.91. The van der Waals surface area contributed by atoms with E-state index in [0.29, 0.717) is 5.82 Å². The molecule has 3 N–H and O–H groups in total. The Balaban J connectivity index is 1.74. The molecule has 0 radical (unpaired) electrons. The summed E-state index contributed by atoms with van der Waals surface area (Å²) in [6.07, 6.45) is 0.875. The summed E-state index contributed by atoms with van der Waals surface area (Å²) in [4.78, 5) is 9.58. The summed E-state index contributed by atoms with van der Waals surface area (Å²) in [5.41, 5.74) is 4.19. The lowest BCUT2D eigenvalue weighted by atomic mass is 10.0. The Kier molecular flexibility index (Phi) is 4.91. The van der Waals surface area contributed by atoms with E-state index in [1.807, 2.05) is 60.7 Å². The Morgan fingerprint density at radius 2 is 1.73 bits per heavy atom. The van der Waals surface area contributed by atoms with Gasteiger partial charge in [0.05, 0.1) is 18.3 Å². The first kappa shape index (κ1) is 16.7. The number of fused-ring (bicyclic) bond motifs is 1. The molecule has 0 fully saturated rings. The molecule has 4 rings (SSSR count). The van der Waals surface area contributed by atoms with Gasteiger partial charge in [-0.2, -0.15) is 0 Å². The molecule has 0 saturated heterocycles. The molecule has 3 aromatic rings. The van der Waals surface area contributed by atoms with E-state index < -0.39 is 0 Å². The zero-order valence-electron chi connectivity index (χ0n) is 14.5. The van der Waals surface area contributed by atoms with Crippen LogP contribution in [0, 0.1) is 0 Å². The molecule has 0 unspecified atom stereocenters. The average molecular weight is 346 g/mol. The van der Waals surface area contributed by atoms with Crippen molar-refractivity contribution in [2.45, 2.75) is 19.0 Å². The Labute approximate surface area is 153 Å². The van der Waals surface area contributed by atoms with Crippen molar-refractivity contribution in [3.8, 4) is 11.4 Å². The van der Waals surface area contributed by atoms with Gasteiger partial charge >= 0.3 is 0 Å². The summed E-state index contributed by atoms with van der Waals surface area (Å²) in [7, 11) is 0. The van der Waals surface area contributed by atoms with E-state index in [0.717, 1.165) is 47.7 Å². The van der Waals surface area contributed by atoms with Crippen molar-refractivity contribution in [3.05, 3.63) is 77.5 Å². The lowest BCUT2D eigenvalue weighted by Crippen LogP contribution is -2.27. The van der Waals surface area contributed by atoms with Gasteiger partial charge in [-0.15, -0.1) is 0 Å². The van der Waals surface area contributed by atoms with E-state index in [-0.39, 0.29) is 12.6 Å². The van der Waals surface area contributed by atoms with E-state index >= 15 is 0 Å². The second kappa shape index (κ2) is 7.64. The van der Waals surface area contributed by atoms with Crippen LogP contribution in [0.5, 0.6) is 0 Å². The zero-order valence-corrected chi connectivity index (χ0v) is 14.5. The monoisotopic (exact) mass is 346 g/mol. The predicted molar refractivity (Wildman–Crippen MR) is 103 cm³/mol. The summed E-state index contributed by atoms with van der Waals surface area (Å²) in [5.74, 6) is 1.53. The minimum atomic E-state index is -0.200. The summed E-state index contributed by atoms with van der Waals surface area (Å²) in [6, 6.07) is 19.8. The zero-order chi connectivity index (χ0) is 17.8. The smallest absolute Gasteiger partial charge is 0.161 e. The largest absolute Gasteiger partial charge is 0.394 e. The molecule has 26 heavy (non-hydrogen) atoms. The minimum absolute atomic E-state index is 0.00170. The molecule has 0 saturated carbocycles. The molecule has 0 amide bonds. The Morgan fingerprint density at radius 3 is 2.46 bits per heavy atom. The molecular weight excluding hydrogens is 324 g/mol. The van der Waals surface area contributed by atoms with Crippen LogP contribution in [0.3, 0.4) is 0 Å². The number of hydrogen-bond acceptors (Lipinski definition) is 5. The van der Waals surface area contributed by atoms with Crippen LogP contribution in [-0.2, 0) is 13.0 Å². The number of hydrogen-bond donors (Lipinski definition) is 3. The molecule has 2 heterocycles. The van der Waals surface area contributed by atoms with Gasteiger partial charge in [-0.3, -0.25) is 0 Å². The summed E-state index contributed by atoms with van der Waals surface area (Å²) < 4.78 is 0. The summed E-state index contributed by atoms with van der Waals surface area (Å²) >= 11 is 0. The van der Waals surface area contributed by atoms with Crippen LogP contribution in [0.25, 0.3) is 11.4 Å². The average Bonchev–Trinajstić information content (AvgIpc) is 2.73. The standard InChI is InChI=1S/C21H22N4O/c26-14-19(15-7-3-1-4-8-15)24-21-17-11-12-22-13-18(17)23-20(25-21)16-9-5-2-6-10-16/h1-10,19,22,26H,11-14H2,(H,23,24,25)/t19-/m0/s1. The highest BCUT2D eigenvalue weighted by Gasteiger charge is 2.20. The normalized spacial score (nSPS) is 14.5. The molecule has 1 atom stereocenters. The van der Waals surface area contributed by atoms with Gasteiger partial charge in [-0.25, -0.2) is 9.97 Å². The Hall–Kier alpha value is -2.76. The number of rotatable bonds is 5. The molecule has 5 heteroatoms. The fourth-order valence-electron chi connectivity index (χ4n) is 3.28. The lowest BCUT2D eigenvalue weighted by Gasteiger charge is -2.24. The van der Waals surface area contributed by atoms with Crippen molar-refractivity contribution in [2.24, 2.45) is 0 Å². The maximum Gasteiger partial charge on any atom is 0.161 e. The molecular formula is C21H22N4O. The summed E-state index contributed by atoms with van der Waals surface area (Å²) in [6.45, 7) is 1.65. The van der Waals surface area contributed by atoms with E-state index in [1.54, 1.807) is 0 Å². The number of aliphatic hydroxyl groups is 1. The topological polar surface area (TPSA) is 70.1 Å². The first-order valence-corrected chi connectivity index (χ1v) is 8.93. The third kappa shape index (κ3) is 3.45. The van der Waals surface area contributed by atoms with Crippen molar-refractivity contribution >= 4 is 5.82 Å². The van der Waals surface area contributed by atoms with Gasteiger partial charge in [-0.05, 0) is 18.5 Å². The van der Waals surface area contributed by atoms with Crippen molar-refractivity contribution in [1.82, 2.24) is 15.3 Å². The fourth-order valence-corrected chi connectivity index (χ4v) is 3.28. The molecule has 5 nitrogen and oxygen atoms in total. The van der Waals surface area contributed by atoms with Crippen LogP contribution in [0.4, 0.5) is 5.82 Å². The Morgan fingerprint density at radius 1 is 1.00 bits per heavy atom. The lowest BCUT2D eigenvalue weighted by molar-refractivity contribution is 0.276. The highest BCUT2D eigenvalue weighted by Crippen LogP contribution is 2.27. The molecule has 132 valence electrons. The molecule has 1 aliphatic rings. The van der Waals surface area contributed by atoms with E-state index in [2.05, 4.69) is 10.6 Å². The van der Waals surface area contributed by atoms with Crippen LogP contribution in [0.1, 0.15) is 22.9 Å². The highest BCUT2D eigenvalue weighted by atomic mass is 16.3. The van der Waals surface area contributed by atoms with Crippen molar-refractivity contribution in [3.63, 3.8) is 0 Å². The van der Waals surface area contributed by atoms with Crippen molar-refractivity contribution < 1.29 is 5.11 Å². The van der Waals surface area contributed by atoms with E-state index in [9.17, 15) is 5.11 Å². The van der Waals surface area contributed by atoms with Gasteiger partial charge in [0.25, 0.3) is 0 Å². The molecule has 0 bridgehead atoms. The quantitative estimate of drug-likeness (QED) is 0.663. The number of aromatic nitrogens is 2. The first-order valence-electron chi connectivity index (χ1n) is 8.93. The van der Waals surface area contributed by atoms with Crippen LogP contribution in [0.15, 0.2) is 60.7 Å². The molecule has 0 aliphatic carbocycles. The molecule has 1 aromatic heterocycles. The fraction of sp³-hybridized carbons (Fsp3) is 0.238. The van der Waals surface area contributed by atoms with Gasteiger partial charge in [0.15, 0.2) is 5.82 Å². The predicted octanol–water partition coefficient (Wildman–Crippen LogP) is 2.93. The number of benzene rings is 2. The number of anilines is 1. The third-order valence-corrected chi connectivity index (χ3v) is 4.66. The SMILES string of the molecule is OC[C@H](Nc1nc(-c2ccccc2)nc2c1CCNC2)c1ccccc1. The van der Waals surface area contributed by atoms with Crippen molar-refractivity contribution in [1.29, 1.82) is 0 Å². The molecule has 0 spiro atoms. The number of aliphatic hydroxyl groups excluding tert-OH is 1. The van der Waals surface area contributed by atoms with Crippen LogP contribution < -0.4 is 10.6 Å². The van der Waals surface area contributed by atoms with Gasteiger partial charge < -0.3 is 15.7 Å². The third-order valence-electron chi connectivity index (χ3n) is 4.66. The highest BCUT2D eigenvalue weighted by molar-refractivity contribution is 5.60. The number of nitrogens with one attached hydrogen (secondary N) is 2. The second-order valence-electron chi connectivity index (χ2n) is 6.40. The second-order valence-corrected chi connectivity index (χ2v) is 6.40. The van der Waals surface area contributed by atoms with Crippen LogP contribution >= 0.6 is 0 Å². The molecule has 1 aliphatic heterocycles. The Bertz CT molecular complexity index is 868. The van der Waals surface area contributed by atoms with Gasteiger partial charge in [-0.1, -0.05) is 60.7 Å². The van der Waals surface area contributed by atoms with Crippen LogP contribution in [-0.4, -0.2) is 28.2 Å². The van der Waals surface area contributed by atoms with E-state index in [1.165, 1.54) is 0 Å². The summed E-state index contributed by atoms with van der Waals surface area (Å²) in [5, 5.41) is 16.7. The van der Waals surface area contributed by atoms with Crippen molar-refractivity contribution in [2.75, 3.05) is 18.5 Å². The van der Waals surface area contributed by atoms with Gasteiger partial charge in [0.1, 0.15) is 5.82 Å². The van der Waals surface area contributed by atoms with Gasteiger partial charge in [0.2, 0.25) is 0 Å². The first-order chi connectivity index (χ1) is 12.8. The van der Waals surface area contributed by atoms with Crippen LogP contribution in [0.2, 0.25) is 0 Å². The minimum Gasteiger partial charge on any atom is -0.394 e. The maximum absolute atomic E-state index is 9.91. The van der Waals surface area contributed by atoms with Gasteiger partial charge in [0, 0.05) is 17.7 Å². The number of nitrogens with zero attached hydrogens (tertiary/aromatic N) is 2. The molecule has 2 aromatic carbocycles.